The number of aromatic nitrogens is 2. The zero-order valence-electron chi connectivity index (χ0n) is 17.0. The highest BCUT2D eigenvalue weighted by Gasteiger charge is 2.35. The molecule has 0 aliphatic carbocycles. The van der Waals surface area contributed by atoms with Gasteiger partial charge in [0.25, 0.3) is 5.91 Å². The number of rotatable bonds is 5. The van der Waals surface area contributed by atoms with Crippen LogP contribution in [0.25, 0.3) is 5.69 Å². The minimum absolute atomic E-state index is 0.125. The maximum atomic E-state index is 13.4. The molecular weight excluding hydrogens is 400 g/mol. The first kappa shape index (κ1) is 20.1. The standard InChI is InChI=1S/C22H20N4O5/c1-13(27)23-14-3-5-15(6-4-14)25-12-11-18-19(22(29)30)24-26(20(18)21(25)28)16-7-9-17(31-2)10-8-16/h3-10H,11-12H2,1-2H3,(H,23,27)(H,29,30). The molecule has 9 nitrogen and oxygen atoms in total. The molecule has 4 rings (SSSR count). The Labute approximate surface area is 177 Å². The van der Waals surface area contributed by atoms with E-state index >= 15 is 0 Å². The van der Waals surface area contributed by atoms with E-state index in [1.165, 1.54) is 11.6 Å². The van der Waals surface area contributed by atoms with Crippen molar-refractivity contribution in [3.63, 3.8) is 0 Å². The molecule has 9 heteroatoms. The molecule has 0 saturated carbocycles. The molecule has 0 radical (unpaired) electrons. The van der Waals surface area contributed by atoms with Crippen LogP contribution in [0.3, 0.4) is 0 Å². The second kappa shape index (κ2) is 7.94. The molecule has 0 bridgehead atoms. The summed E-state index contributed by atoms with van der Waals surface area (Å²) in [6, 6.07) is 13.8. The highest BCUT2D eigenvalue weighted by molar-refractivity contribution is 6.09. The molecule has 2 N–H and O–H groups in total. The Kier molecular flexibility index (Phi) is 5.16. The number of anilines is 2. The van der Waals surface area contributed by atoms with Crippen molar-refractivity contribution in [2.45, 2.75) is 13.3 Å². The largest absolute Gasteiger partial charge is 0.497 e. The van der Waals surface area contributed by atoms with Gasteiger partial charge in [0.1, 0.15) is 11.4 Å². The fourth-order valence-electron chi connectivity index (χ4n) is 3.62. The van der Waals surface area contributed by atoms with Gasteiger partial charge < -0.3 is 20.1 Å². The van der Waals surface area contributed by atoms with E-state index in [1.54, 1.807) is 60.5 Å². The quantitative estimate of drug-likeness (QED) is 0.656. The number of carbonyl (C=O) groups is 3. The van der Waals surface area contributed by atoms with Gasteiger partial charge >= 0.3 is 5.97 Å². The zero-order chi connectivity index (χ0) is 22.1. The van der Waals surface area contributed by atoms with Crippen molar-refractivity contribution in [2.75, 3.05) is 23.9 Å². The number of hydrogen-bond donors (Lipinski definition) is 2. The van der Waals surface area contributed by atoms with E-state index in [9.17, 15) is 19.5 Å². The summed E-state index contributed by atoms with van der Waals surface area (Å²) in [6.45, 7) is 1.74. The first-order valence-electron chi connectivity index (χ1n) is 9.58. The van der Waals surface area contributed by atoms with Gasteiger partial charge in [0.2, 0.25) is 5.91 Å². The molecule has 0 saturated heterocycles. The number of nitrogens with zero attached hydrogens (tertiary/aromatic N) is 3. The number of nitrogens with one attached hydrogen (secondary N) is 1. The normalized spacial score (nSPS) is 13.0. The van der Waals surface area contributed by atoms with E-state index in [2.05, 4.69) is 10.4 Å². The maximum absolute atomic E-state index is 13.4. The first-order valence-corrected chi connectivity index (χ1v) is 9.58. The van der Waals surface area contributed by atoms with Crippen molar-refractivity contribution in [2.24, 2.45) is 0 Å². The summed E-state index contributed by atoms with van der Waals surface area (Å²) in [4.78, 5) is 38.0. The van der Waals surface area contributed by atoms with Gasteiger partial charge in [-0.15, -0.1) is 0 Å². The van der Waals surface area contributed by atoms with Crippen LogP contribution in [0.5, 0.6) is 5.75 Å². The fraction of sp³-hybridized carbons (Fsp3) is 0.182. The van der Waals surface area contributed by atoms with Crippen LogP contribution >= 0.6 is 0 Å². The molecular formula is C22H20N4O5. The molecule has 2 aromatic carbocycles. The number of ether oxygens (including phenoxy) is 1. The van der Waals surface area contributed by atoms with E-state index in [4.69, 9.17) is 4.74 Å². The van der Waals surface area contributed by atoms with E-state index < -0.39 is 5.97 Å². The van der Waals surface area contributed by atoms with E-state index in [0.29, 0.717) is 41.3 Å². The molecule has 1 aliphatic heterocycles. The van der Waals surface area contributed by atoms with Crippen molar-refractivity contribution in [1.82, 2.24) is 9.78 Å². The average Bonchev–Trinajstić information content (AvgIpc) is 3.15. The Bertz CT molecular complexity index is 1170. The lowest BCUT2D eigenvalue weighted by atomic mass is 10.0. The fourth-order valence-corrected chi connectivity index (χ4v) is 3.62. The van der Waals surface area contributed by atoms with Gasteiger partial charge in [0.15, 0.2) is 5.69 Å². The highest BCUT2D eigenvalue weighted by atomic mass is 16.5. The second-order valence-corrected chi connectivity index (χ2v) is 7.03. The van der Waals surface area contributed by atoms with Crippen molar-refractivity contribution in [3.05, 3.63) is 65.5 Å². The molecule has 2 amide bonds. The Morgan fingerprint density at radius 3 is 2.29 bits per heavy atom. The van der Waals surface area contributed by atoms with Crippen LogP contribution in [0.1, 0.15) is 33.5 Å². The molecule has 0 spiro atoms. The van der Waals surface area contributed by atoms with Gasteiger partial charge in [-0.05, 0) is 55.0 Å². The van der Waals surface area contributed by atoms with Gasteiger partial charge in [-0.2, -0.15) is 5.10 Å². The third kappa shape index (κ3) is 3.73. The smallest absolute Gasteiger partial charge is 0.356 e. The molecule has 2 heterocycles. The third-order valence-electron chi connectivity index (χ3n) is 5.04. The number of amides is 2. The monoisotopic (exact) mass is 420 g/mol. The Hall–Kier alpha value is -4.14. The minimum Gasteiger partial charge on any atom is -0.497 e. The number of aromatic carboxylic acids is 1. The van der Waals surface area contributed by atoms with Gasteiger partial charge in [-0.1, -0.05) is 0 Å². The van der Waals surface area contributed by atoms with Crippen LogP contribution in [0.2, 0.25) is 0 Å². The first-order chi connectivity index (χ1) is 14.9. The SMILES string of the molecule is COc1ccc(-n2nc(C(=O)O)c3c2C(=O)N(c2ccc(NC(C)=O)cc2)CC3)cc1. The predicted molar refractivity (Wildman–Crippen MR) is 113 cm³/mol. The minimum atomic E-state index is -1.18. The van der Waals surface area contributed by atoms with Crippen LogP contribution in [0, 0.1) is 0 Å². The molecule has 1 aliphatic rings. The van der Waals surface area contributed by atoms with Crippen molar-refractivity contribution in [3.8, 4) is 11.4 Å². The summed E-state index contributed by atoms with van der Waals surface area (Å²) >= 11 is 0. The molecule has 0 atom stereocenters. The lowest BCUT2D eigenvalue weighted by Crippen LogP contribution is -2.39. The van der Waals surface area contributed by atoms with Crippen molar-refractivity contribution < 1.29 is 24.2 Å². The summed E-state index contributed by atoms with van der Waals surface area (Å²) in [5.74, 6) is -1.07. The lowest BCUT2D eigenvalue weighted by molar-refractivity contribution is -0.114. The molecule has 0 fully saturated rings. The molecule has 31 heavy (non-hydrogen) atoms. The van der Waals surface area contributed by atoms with Gasteiger partial charge in [-0.3, -0.25) is 9.59 Å². The topological polar surface area (TPSA) is 114 Å². The van der Waals surface area contributed by atoms with Crippen LogP contribution < -0.4 is 15.0 Å². The van der Waals surface area contributed by atoms with Crippen molar-refractivity contribution in [1.29, 1.82) is 0 Å². The van der Waals surface area contributed by atoms with Gasteiger partial charge in [0.05, 0.1) is 12.8 Å². The van der Waals surface area contributed by atoms with Crippen LogP contribution in [0.4, 0.5) is 11.4 Å². The highest BCUT2D eigenvalue weighted by Crippen LogP contribution is 2.30. The second-order valence-electron chi connectivity index (χ2n) is 7.03. The molecule has 0 unspecified atom stereocenters. The average molecular weight is 420 g/mol. The third-order valence-corrected chi connectivity index (χ3v) is 5.04. The summed E-state index contributed by atoms with van der Waals surface area (Å²) in [7, 11) is 1.55. The number of hydrogen-bond acceptors (Lipinski definition) is 5. The number of methoxy groups -OCH3 is 1. The van der Waals surface area contributed by atoms with Crippen LogP contribution in [-0.4, -0.2) is 46.3 Å². The number of carboxylic acids is 1. The van der Waals surface area contributed by atoms with E-state index in [1.807, 2.05) is 0 Å². The van der Waals surface area contributed by atoms with Crippen LogP contribution in [-0.2, 0) is 11.2 Å². The number of carboxylic acid groups (broad SMARTS) is 1. The van der Waals surface area contributed by atoms with Gasteiger partial charge in [-0.25, -0.2) is 9.48 Å². The van der Waals surface area contributed by atoms with E-state index in [0.717, 1.165) is 0 Å². The number of carbonyl (C=O) groups excluding carboxylic acids is 2. The Morgan fingerprint density at radius 1 is 1.06 bits per heavy atom. The lowest BCUT2D eigenvalue weighted by Gasteiger charge is -2.28. The Morgan fingerprint density at radius 2 is 1.71 bits per heavy atom. The number of benzene rings is 2. The van der Waals surface area contributed by atoms with Gasteiger partial charge in [0, 0.05) is 30.4 Å². The summed E-state index contributed by atoms with van der Waals surface area (Å²) in [5, 5.41) is 16.5. The predicted octanol–water partition coefficient (Wildman–Crippen LogP) is 2.74. The molecule has 3 aromatic rings. The van der Waals surface area contributed by atoms with E-state index in [-0.39, 0.29) is 23.2 Å². The molecule has 158 valence electrons. The summed E-state index contributed by atoms with van der Waals surface area (Å²) < 4.78 is 6.54. The van der Waals surface area contributed by atoms with Crippen molar-refractivity contribution >= 4 is 29.2 Å². The zero-order valence-corrected chi connectivity index (χ0v) is 17.0. The Balaban J connectivity index is 1.74. The summed E-state index contributed by atoms with van der Waals surface area (Å²) in [5.41, 5.74) is 2.33. The maximum Gasteiger partial charge on any atom is 0.356 e. The van der Waals surface area contributed by atoms with Crippen LogP contribution in [0.15, 0.2) is 48.5 Å². The molecule has 1 aromatic heterocycles. The summed E-state index contributed by atoms with van der Waals surface area (Å²) in [6.07, 6.45) is 0.353. The number of fused-ring (bicyclic) bond motifs is 1.